The van der Waals surface area contributed by atoms with Crippen LogP contribution < -0.4 is 0 Å². The third-order valence-electron chi connectivity index (χ3n) is 12.0. The van der Waals surface area contributed by atoms with Gasteiger partial charge in [-0.25, -0.2) is 15.0 Å². The fraction of sp³-hybridized carbons (Fsp3) is 0. The third-order valence-corrected chi connectivity index (χ3v) is 13.2. The zero-order chi connectivity index (χ0) is 40.0. The molecule has 61 heavy (non-hydrogen) atoms. The maximum absolute atomic E-state index is 6.61. The van der Waals surface area contributed by atoms with E-state index in [9.17, 15) is 0 Å². The highest BCUT2D eigenvalue weighted by Gasteiger charge is 2.25. The lowest BCUT2D eigenvalue weighted by Crippen LogP contribution is -2.04. The summed E-state index contributed by atoms with van der Waals surface area (Å²) in [5.74, 6) is 1.77. The zero-order valence-corrected chi connectivity index (χ0v) is 33.4. The van der Waals surface area contributed by atoms with Crippen LogP contribution in [0.4, 0.5) is 0 Å². The highest BCUT2D eigenvalue weighted by molar-refractivity contribution is 7.25. The van der Waals surface area contributed by atoms with Gasteiger partial charge in [0.05, 0.1) is 22.3 Å². The molecule has 4 heterocycles. The van der Waals surface area contributed by atoms with Crippen molar-refractivity contribution in [3.8, 4) is 51.0 Å². The monoisotopic (exact) mass is 796 g/mol. The Morgan fingerprint density at radius 2 is 1.03 bits per heavy atom. The molecule has 0 fully saturated rings. The first-order chi connectivity index (χ1) is 30.2. The van der Waals surface area contributed by atoms with Crippen LogP contribution >= 0.6 is 11.3 Å². The molecule has 0 atom stereocenters. The van der Waals surface area contributed by atoms with Crippen LogP contribution in [0.2, 0.25) is 0 Å². The van der Waals surface area contributed by atoms with Crippen molar-refractivity contribution in [1.82, 2.24) is 19.5 Å². The SMILES string of the molecule is c1ccc(-c2cccc(-c3nc(-c4ccc5sc6ccccc6c5c4)nc(-c4c(-n5c6ccccc6c6cc7ccccc7cc65)ccc5oc6ccccc6c45)n3)c2)cc1. The smallest absolute Gasteiger partial charge is 0.166 e. The second-order valence-corrected chi connectivity index (χ2v) is 16.6. The topological polar surface area (TPSA) is 56.7 Å². The van der Waals surface area contributed by atoms with E-state index in [1.165, 1.54) is 41.7 Å². The molecule has 9 aromatic carbocycles. The van der Waals surface area contributed by atoms with Crippen LogP contribution in [0.15, 0.2) is 199 Å². The molecular formula is C55H32N4OS. The second-order valence-electron chi connectivity index (χ2n) is 15.6. The van der Waals surface area contributed by atoms with E-state index in [-0.39, 0.29) is 0 Å². The van der Waals surface area contributed by atoms with Crippen molar-refractivity contribution < 1.29 is 4.42 Å². The molecule has 284 valence electrons. The number of rotatable bonds is 5. The van der Waals surface area contributed by atoms with Gasteiger partial charge in [0.2, 0.25) is 0 Å². The van der Waals surface area contributed by atoms with Gasteiger partial charge in [-0.05, 0) is 88.6 Å². The predicted molar refractivity (Wildman–Crippen MR) is 254 cm³/mol. The molecule has 0 spiro atoms. The van der Waals surface area contributed by atoms with E-state index in [0.717, 1.165) is 66.5 Å². The van der Waals surface area contributed by atoms with Gasteiger partial charge in [0, 0.05) is 52.8 Å². The van der Waals surface area contributed by atoms with Gasteiger partial charge in [-0.1, -0.05) is 127 Å². The summed E-state index contributed by atoms with van der Waals surface area (Å²) in [7, 11) is 0. The van der Waals surface area contributed by atoms with Gasteiger partial charge in [0.1, 0.15) is 11.2 Å². The third kappa shape index (κ3) is 5.36. The molecule has 0 aliphatic carbocycles. The van der Waals surface area contributed by atoms with E-state index in [1.54, 1.807) is 11.3 Å². The van der Waals surface area contributed by atoms with Crippen molar-refractivity contribution in [3.63, 3.8) is 0 Å². The molecule has 0 aliphatic rings. The van der Waals surface area contributed by atoms with Gasteiger partial charge in [-0.2, -0.15) is 0 Å². The van der Waals surface area contributed by atoms with E-state index in [2.05, 4.69) is 180 Å². The van der Waals surface area contributed by atoms with Crippen LogP contribution in [0, 0.1) is 0 Å². The number of thiophene rings is 1. The number of furan rings is 1. The summed E-state index contributed by atoms with van der Waals surface area (Å²) in [6.07, 6.45) is 0. The molecule has 0 radical (unpaired) electrons. The van der Waals surface area contributed by atoms with Gasteiger partial charge in [-0.3, -0.25) is 0 Å². The number of hydrogen-bond acceptors (Lipinski definition) is 5. The van der Waals surface area contributed by atoms with Crippen LogP contribution in [0.25, 0.3) is 126 Å². The average molecular weight is 797 g/mol. The van der Waals surface area contributed by atoms with Gasteiger partial charge in [-0.15, -0.1) is 11.3 Å². The van der Waals surface area contributed by atoms with Crippen molar-refractivity contribution in [2.24, 2.45) is 0 Å². The predicted octanol–water partition coefficient (Wildman–Crippen LogP) is 15.1. The van der Waals surface area contributed by atoms with Crippen molar-refractivity contribution in [1.29, 1.82) is 0 Å². The number of nitrogens with zero attached hydrogens (tertiary/aromatic N) is 4. The van der Waals surface area contributed by atoms with Crippen molar-refractivity contribution in [3.05, 3.63) is 194 Å². The molecule has 13 aromatic rings. The summed E-state index contributed by atoms with van der Waals surface area (Å²) in [5, 5.41) is 9.12. The minimum atomic E-state index is 0.569. The molecule has 0 aliphatic heterocycles. The minimum absolute atomic E-state index is 0.569. The standard InChI is InChI=1S/C55H32N4OS/c1-2-13-33(14-3-1)34-17-12-18-37(29-34)53-56-54(38-25-28-50-43(31-38)40-20-8-11-24-49(40)61-50)58-55(57-53)52-45(26-27-48-51(52)41-21-7-10-23-47(41)60-48)59-44-22-9-6-19-39(44)42-30-35-15-4-5-16-36(35)32-46(42)59/h1-32H. The lowest BCUT2D eigenvalue weighted by Gasteiger charge is -2.16. The van der Waals surface area contributed by atoms with E-state index >= 15 is 0 Å². The Morgan fingerprint density at radius 3 is 1.90 bits per heavy atom. The first kappa shape index (κ1) is 34.0. The number of para-hydroxylation sites is 2. The number of aromatic nitrogens is 4. The maximum atomic E-state index is 6.61. The van der Waals surface area contributed by atoms with E-state index in [4.69, 9.17) is 19.4 Å². The second kappa shape index (κ2) is 13.3. The van der Waals surface area contributed by atoms with Gasteiger partial charge in [0.15, 0.2) is 17.5 Å². The molecule has 0 unspecified atom stereocenters. The van der Waals surface area contributed by atoms with E-state index < -0.39 is 0 Å². The summed E-state index contributed by atoms with van der Waals surface area (Å²) in [6.45, 7) is 0. The number of benzene rings is 9. The van der Waals surface area contributed by atoms with Crippen LogP contribution in [0.1, 0.15) is 0 Å². The first-order valence-corrected chi connectivity index (χ1v) is 21.2. The molecule has 0 amide bonds. The van der Waals surface area contributed by atoms with E-state index in [1.807, 2.05) is 18.2 Å². The zero-order valence-electron chi connectivity index (χ0n) is 32.6. The Balaban J connectivity index is 1.15. The minimum Gasteiger partial charge on any atom is -0.456 e. The number of fused-ring (bicyclic) bond motifs is 10. The highest BCUT2D eigenvalue weighted by Crippen LogP contribution is 2.44. The summed E-state index contributed by atoms with van der Waals surface area (Å²) >= 11 is 1.80. The molecule has 6 heteroatoms. The normalized spacial score (nSPS) is 11.9. The maximum Gasteiger partial charge on any atom is 0.166 e. The molecule has 0 bridgehead atoms. The quantitative estimate of drug-likeness (QED) is 0.174. The van der Waals surface area contributed by atoms with Crippen LogP contribution in [0.5, 0.6) is 0 Å². The van der Waals surface area contributed by atoms with E-state index in [0.29, 0.717) is 17.5 Å². The summed E-state index contributed by atoms with van der Waals surface area (Å²) < 4.78 is 11.5. The summed E-state index contributed by atoms with van der Waals surface area (Å²) in [5.41, 5.74) is 9.67. The summed E-state index contributed by atoms with van der Waals surface area (Å²) in [4.78, 5) is 16.3. The first-order valence-electron chi connectivity index (χ1n) is 20.4. The lowest BCUT2D eigenvalue weighted by atomic mass is 10.0. The van der Waals surface area contributed by atoms with Gasteiger partial charge >= 0.3 is 0 Å². The Hall–Kier alpha value is -7.93. The van der Waals surface area contributed by atoms with Crippen LogP contribution in [0.3, 0.4) is 0 Å². The summed E-state index contributed by atoms with van der Waals surface area (Å²) in [6, 6.07) is 68.5. The Labute approximate surface area is 353 Å². The largest absolute Gasteiger partial charge is 0.456 e. The van der Waals surface area contributed by atoms with Crippen molar-refractivity contribution >= 4 is 86.0 Å². The van der Waals surface area contributed by atoms with Crippen LogP contribution in [-0.4, -0.2) is 19.5 Å². The Bertz CT molecular complexity index is 3900. The van der Waals surface area contributed by atoms with Crippen molar-refractivity contribution in [2.45, 2.75) is 0 Å². The molecule has 4 aromatic heterocycles. The fourth-order valence-corrected chi connectivity index (χ4v) is 10.3. The molecule has 13 rings (SSSR count). The molecular weight excluding hydrogens is 765 g/mol. The Kier molecular flexibility index (Phi) is 7.41. The lowest BCUT2D eigenvalue weighted by molar-refractivity contribution is 0.669. The Morgan fingerprint density at radius 1 is 0.377 bits per heavy atom. The average Bonchev–Trinajstić information content (AvgIpc) is 4.00. The molecule has 0 saturated carbocycles. The molecule has 0 saturated heterocycles. The fourth-order valence-electron chi connectivity index (χ4n) is 9.21. The molecule has 0 N–H and O–H groups in total. The highest BCUT2D eigenvalue weighted by atomic mass is 32.1. The molecule has 5 nitrogen and oxygen atoms in total. The van der Waals surface area contributed by atoms with Crippen LogP contribution in [-0.2, 0) is 0 Å². The van der Waals surface area contributed by atoms with Gasteiger partial charge in [0.25, 0.3) is 0 Å². The van der Waals surface area contributed by atoms with Gasteiger partial charge < -0.3 is 8.98 Å². The van der Waals surface area contributed by atoms with Crippen molar-refractivity contribution in [2.75, 3.05) is 0 Å². The number of hydrogen-bond donors (Lipinski definition) is 0.